The number of hydrogen-bond donors (Lipinski definition) is 1. The van der Waals surface area contributed by atoms with Crippen LogP contribution in [0.15, 0.2) is 18.2 Å². The summed E-state index contributed by atoms with van der Waals surface area (Å²) in [4.78, 5) is 34.5. The topological polar surface area (TPSA) is 102 Å². The van der Waals surface area contributed by atoms with Crippen LogP contribution in [0, 0.1) is 10.1 Å². The summed E-state index contributed by atoms with van der Waals surface area (Å²) in [5.41, 5.74) is -0.609. The van der Waals surface area contributed by atoms with E-state index in [1.807, 2.05) is 0 Å². The summed E-state index contributed by atoms with van der Waals surface area (Å²) in [7, 11) is 1.06. The van der Waals surface area contributed by atoms with Gasteiger partial charge in [-0.2, -0.15) is 13.2 Å². The molecule has 0 aromatic heterocycles. The molecule has 1 heterocycles. The van der Waals surface area contributed by atoms with E-state index < -0.39 is 41.3 Å². The van der Waals surface area contributed by atoms with Crippen LogP contribution >= 0.6 is 0 Å². The quantitative estimate of drug-likeness (QED) is 0.489. The Morgan fingerprint density at radius 3 is 2.72 bits per heavy atom. The molecule has 0 saturated carbocycles. The van der Waals surface area contributed by atoms with Crippen molar-refractivity contribution in [2.75, 3.05) is 25.5 Å². The third-order valence-corrected chi connectivity index (χ3v) is 3.61. The molecule has 1 aliphatic heterocycles. The van der Waals surface area contributed by atoms with E-state index >= 15 is 0 Å². The van der Waals surface area contributed by atoms with Crippen LogP contribution in [0.1, 0.15) is 16.8 Å². The Hall–Kier alpha value is -2.85. The second-order valence-corrected chi connectivity index (χ2v) is 5.34. The molecule has 1 amide bonds. The zero-order valence-electron chi connectivity index (χ0n) is 13.0. The molecule has 1 fully saturated rings. The van der Waals surface area contributed by atoms with E-state index in [9.17, 15) is 32.9 Å². The second kappa shape index (κ2) is 6.95. The molecule has 1 aromatic rings. The van der Waals surface area contributed by atoms with Crippen molar-refractivity contribution >= 4 is 23.3 Å². The lowest BCUT2D eigenvalue weighted by Crippen LogP contribution is -2.39. The lowest BCUT2D eigenvalue weighted by atomic mass is 10.1. The van der Waals surface area contributed by atoms with Crippen molar-refractivity contribution in [1.82, 2.24) is 4.90 Å². The number of methoxy groups -OCH3 is 1. The van der Waals surface area contributed by atoms with Crippen LogP contribution in [0.5, 0.6) is 0 Å². The van der Waals surface area contributed by atoms with Crippen LogP contribution in [0.2, 0.25) is 0 Å². The van der Waals surface area contributed by atoms with Crippen LogP contribution in [0.4, 0.5) is 24.5 Å². The standard InChI is InChI=1S/C14H14F3N3O5/c1-25-13(22)9-6-8(2-3-11(9)20(23)24)18-10-4-5-19(12(10)21)7-14(15,16)17/h2-3,6,10,18H,4-5,7H2,1H3. The first-order chi connectivity index (χ1) is 11.6. The van der Waals surface area contributed by atoms with Crippen molar-refractivity contribution in [2.45, 2.75) is 18.6 Å². The molecular weight excluding hydrogens is 347 g/mol. The zero-order valence-corrected chi connectivity index (χ0v) is 13.0. The van der Waals surface area contributed by atoms with Crippen molar-refractivity contribution in [3.63, 3.8) is 0 Å². The first kappa shape index (κ1) is 18.5. The Morgan fingerprint density at radius 1 is 1.48 bits per heavy atom. The number of nitrogens with zero attached hydrogens (tertiary/aromatic N) is 2. The first-order valence-electron chi connectivity index (χ1n) is 7.11. The number of carbonyl (C=O) groups is 2. The van der Waals surface area contributed by atoms with Crippen molar-refractivity contribution in [1.29, 1.82) is 0 Å². The number of carbonyl (C=O) groups excluding carboxylic acids is 2. The summed E-state index contributed by atoms with van der Waals surface area (Å²) in [5, 5.41) is 13.6. The van der Waals surface area contributed by atoms with Crippen LogP contribution in [0.3, 0.4) is 0 Å². The maximum absolute atomic E-state index is 12.4. The number of likely N-dealkylation sites (tertiary alicyclic amines) is 1. The normalized spacial score (nSPS) is 17.5. The summed E-state index contributed by atoms with van der Waals surface area (Å²) < 4.78 is 41.7. The largest absolute Gasteiger partial charge is 0.465 e. The number of nitrogens with one attached hydrogen (secondary N) is 1. The highest BCUT2D eigenvalue weighted by atomic mass is 19.4. The average molecular weight is 361 g/mol. The molecule has 136 valence electrons. The number of benzene rings is 1. The highest BCUT2D eigenvalue weighted by molar-refractivity contribution is 5.95. The van der Waals surface area contributed by atoms with Gasteiger partial charge in [-0.3, -0.25) is 14.9 Å². The lowest BCUT2D eigenvalue weighted by molar-refractivity contribution is -0.385. The van der Waals surface area contributed by atoms with Gasteiger partial charge in [0.25, 0.3) is 5.69 Å². The van der Waals surface area contributed by atoms with Crippen molar-refractivity contribution in [3.05, 3.63) is 33.9 Å². The number of alkyl halides is 3. The summed E-state index contributed by atoms with van der Waals surface area (Å²) in [6, 6.07) is 2.55. The molecule has 1 aliphatic rings. The second-order valence-electron chi connectivity index (χ2n) is 5.34. The first-order valence-corrected chi connectivity index (χ1v) is 7.11. The van der Waals surface area contributed by atoms with Crippen molar-refractivity contribution in [2.24, 2.45) is 0 Å². The number of halogens is 3. The van der Waals surface area contributed by atoms with E-state index in [2.05, 4.69) is 10.1 Å². The molecule has 0 radical (unpaired) electrons. The molecule has 1 N–H and O–H groups in total. The fourth-order valence-corrected chi connectivity index (χ4v) is 2.51. The zero-order chi connectivity index (χ0) is 18.8. The molecule has 25 heavy (non-hydrogen) atoms. The molecule has 0 aliphatic carbocycles. The third-order valence-electron chi connectivity index (χ3n) is 3.61. The van der Waals surface area contributed by atoms with Gasteiger partial charge in [-0.15, -0.1) is 0 Å². The molecule has 11 heteroatoms. The smallest absolute Gasteiger partial charge is 0.406 e. The van der Waals surface area contributed by atoms with Gasteiger partial charge >= 0.3 is 12.1 Å². The Labute approximate surface area is 139 Å². The molecule has 1 atom stereocenters. The fraction of sp³-hybridized carbons (Fsp3) is 0.429. The predicted octanol–water partition coefficient (Wildman–Crippen LogP) is 1.96. The maximum Gasteiger partial charge on any atom is 0.406 e. The minimum Gasteiger partial charge on any atom is -0.465 e. The van der Waals surface area contributed by atoms with Gasteiger partial charge in [-0.25, -0.2) is 4.79 Å². The van der Waals surface area contributed by atoms with Gasteiger partial charge in [0.05, 0.1) is 12.0 Å². The van der Waals surface area contributed by atoms with Gasteiger partial charge in [0.2, 0.25) is 5.91 Å². The number of amides is 1. The van der Waals surface area contributed by atoms with Gasteiger partial charge in [0.15, 0.2) is 0 Å². The predicted molar refractivity (Wildman–Crippen MR) is 79.1 cm³/mol. The monoisotopic (exact) mass is 361 g/mol. The average Bonchev–Trinajstić information content (AvgIpc) is 2.85. The number of ether oxygens (including phenoxy) is 1. The van der Waals surface area contributed by atoms with Crippen LogP contribution in [0.25, 0.3) is 0 Å². The SMILES string of the molecule is COC(=O)c1cc(NC2CCN(CC(F)(F)F)C2=O)ccc1[N+](=O)[O-]. The number of hydrogen-bond acceptors (Lipinski definition) is 6. The molecule has 2 rings (SSSR count). The molecule has 8 nitrogen and oxygen atoms in total. The van der Waals surface area contributed by atoms with Gasteiger partial charge in [-0.1, -0.05) is 0 Å². The summed E-state index contributed by atoms with van der Waals surface area (Å²) >= 11 is 0. The van der Waals surface area contributed by atoms with Crippen LogP contribution in [-0.4, -0.2) is 54.1 Å². The summed E-state index contributed by atoms with van der Waals surface area (Å²) in [6.45, 7) is -1.40. The van der Waals surface area contributed by atoms with E-state index in [0.717, 1.165) is 19.2 Å². The molecule has 1 unspecified atom stereocenters. The highest BCUT2D eigenvalue weighted by Crippen LogP contribution is 2.26. The third kappa shape index (κ3) is 4.37. The van der Waals surface area contributed by atoms with Crippen LogP contribution < -0.4 is 5.32 Å². The fourth-order valence-electron chi connectivity index (χ4n) is 2.51. The maximum atomic E-state index is 12.4. The Kier molecular flexibility index (Phi) is 5.14. The van der Waals surface area contributed by atoms with E-state index in [1.54, 1.807) is 0 Å². The van der Waals surface area contributed by atoms with E-state index in [-0.39, 0.29) is 24.2 Å². The van der Waals surface area contributed by atoms with Crippen molar-refractivity contribution in [3.8, 4) is 0 Å². The number of esters is 1. The number of anilines is 1. The number of rotatable bonds is 5. The van der Waals surface area contributed by atoms with Gasteiger partial charge in [-0.05, 0) is 18.6 Å². The molecule has 0 spiro atoms. The lowest BCUT2D eigenvalue weighted by Gasteiger charge is -2.19. The minimum atomic E-state index is -4.49. The molecular formula is C14H14F3N3O5. The number of nitro groups is 1. The Bertz CT molecular complexity index is 707. The van der Waals surface area contributed by atoms with E-state index in [0.29, 0.717) is 4.90 Å². The Morgan fingerprint density at radius 2 is 2.16 bits per heavy atom. The van der Waals surface area contributed by atoms with Gasteiger partial charge in [0.1, 0.15) is 18.2 Å². The van der Waals surface area contributed by atoms with E-state index in [1.165, 1.54) is 6.07 Å². The van der Waals surface area contributed by atoms with Crippen molar-refractivity contribution < 1.29 is 32.4 Å². The highest BCUT2D eigenvalue weighted by Gasteiger charge is 2.39. The Balaban J connectivity index is 2.17. The molecule has 0 bridgehead atoms. The summed E-state index contributed by atoms with van der Waals surface area (Å²) in [5.74, 6) is -1.66. The summed E-state index contributed by atoms with van der Waals surface area (Å²) in [6.07, 6.45) is -4.35. The van der Waals surface area contributed by atoms with Gasteiger partial charge in [0, 0.05) is 18.3 Å². The van der Waals surface area contributed by atoms with E-state index in [4.69, 9.17) is 0 Å². The molecule has 1 aromatic carbocycles. The number of nitro benzene ring substituents is 1. The molecule has 1 saturated heterocycles. The minimum absolute atomic E-state index is 0.0626. The van der Waals surface area contributed by atoms with Crippen LogP contribution in [-0.2, 0) is 9.53 Å². The van der Waals surface area contributed by atoms with Gasteiger partial charge < -0.3 is 15.0 Å².